The van der Waals surface area contributed by atoms with Crippen LogP contribution in [0, 0.1) is 10.1 Å². The fourth-order valence-electron chi connectivity index (χ4n) is 2.99. The molecule has 0 atom stereocenters. The zero-order chi connectivity index (χ0) is 22.5. The van der Waals surface area contributed by atoms with Gasteiger partial charge in [-0.25, -0.2) is 0 Å². The number of phenolic OH excluding ortho intramolecular Hbond substituents is 1. The second-order valence-electron chi connectivity index (χ2n) is 6.64. The molecule has 10 heteroatoms. The SMILES string of the molecule is CCn1c(Sc2ccc([N+](=O)[O-])cc2C=Nc2ccc(O)cc2)nnc1-c1ccncc1. The third kappa shape index (κ3) is 4.65. The van der Waals surface area contributed by atoms with E-state index in [-0.39, 0.29) is 11.4 Å². The predicted molar refractivity (Wildman–Crippen MR) is 122 cm³/mol. The quantitative estimate of drug-likeness (QED) is 0.244. The Morgan fingerprint density at radius 2 is 1.88 bits per heavy atom. The molecule has 2 aromatic heterocycles. The van der Waals surface area contributed by atoms with Crippen LogP contribution in [0.1, 0.15) is 12.5 Å². The molecule has 0 aliphatic heterocycles. The van der Waals surface area contributed by atoms with Gasteiger partial charge in [-0.1, -0.05) is 0 Å². The van der Waals surface area contributed by atoms with Crippen molar-refractivity contribution in [1.29, 1.82) is 0 Å². The van der Waals surface area contributed by atoms with Crippen molar-refractivity contribution in [3.63, 3.8) is 0 Å². The van der Waals surface area contributed by atoms with Gasteiger partial charge in [-0.2, -0.15) is 0 Å². The molecule has 0 amide bonds. The Balaban J connectivity index is 1.70. The molecular weight excluding hydrogens is 428 g/mol. The van der Waals surface area contributed by atoms with Gasteiger partial charge in [0.1, 0.15) is 5.75 Å². The smallest absolute Gasteiger partial charge is 0.270 e. The van der Waals surface area contributed by atoms with Crippen molar-refractivity contribution in [2.75, 3.05) is 0 Å². The molecule has 2 heterocycles. The summed E-state index contributed by atoms with van der Waals surface area (Å²) in [7, 11) is 0. The largest absolute Gasteiger partial charge is 0.508 e. The molecule has 0 saturated carbocycles. The lowest BCUT2D eigenvalue weighted by Crippen LogP contribution is -2.00. The van der Waals surface area contributed by atoms with Crippen molar-refractivity contribution < 1.29 is 10.0 Å². The minimum atomic E-state index is -0.442. The van der Waals surface area contributed by atoms with E-state index in [4.69, 9.17) is 0 Å². The minimum Gasteiger partial charge on any atom is -0.508 e. The van der Waals surface area contributed by atoms with E-state index in [1.807, 2.05) is 23.6 Å². The Hall–Kier alpha value is -4.05. The normalized spacial score (nSPS) is 11.2. The molecule has 4 aromatic rings. The van der Waals surface area contributed by atoms with Crippen LogP contribution in [0.4, 0.5) is 11.4 Å². The average Bonchev–Trinajstić information content (AvgIpc) is 3.22. The number of non-ortho nitro benzene ring substituents is 1. The fraction of sp³-hybridized carbons (Fsp3) is 0.0909. The van der Waals surface area contributed by atoms with Crippen molar-refractivity contribution in [2.45, 2.75) is 23.5 Å². The zero-order valence-corrected chi connectivity index (χ0v) is 17.8. The lowest BCUT2D eigenvalue weighted by atomic mass is 10.2. The maximum atomic E-state index is 11.3. The van der Waals surface area contributed by atoms with Crippen LogP contribution in [0.25, 0.3) is 11.4 Å². The number of nitro benzene ring substituents is 1. The Morgan fingerprint density at radius 1 is 1.12 bits per heavy atom. The van der Waals surface area contributed by atoms with Gasteiger partial charge in [-0.15, -0.1) is 10.2 Å². The Labute approximate surface area is 187 Å². The second-order valence-corrected chi connectivity index (χ2v) is 7.65. The van der Waals surface area contributed by atoms with E-state index in [1.54, 1.807) is 36.8 Å². The molecule has 160 valence electrons. The van der Waals surface area contributed by atoms with Crippen molar-refractivity contribution >= 4 is 29.4 Å². The monoisotopic (exact) mass is 446 g/mol. The molecule has 0 fully saturated rings. The highest BCUT2D eigenvalue weighted by Crippen LogP contribution is 2.33. The lowest BCUT2D eigenvalue weighted by molar-refractivity contribution is -0.384. The molecule has 32 heavy (non-hydrogen) atoms. The van der Waals surface area contributed by atoms with E-state index in [0.717, 1.165) is 16.3 Å². The number of aromatic hydroxyl groups is 1. The van der Waals surface area contributed by atoms with Crippen molar-refractivity contribution in [3.05, 3.63) is 82.7 Å². The minimum absolute atomic E-state index is 0.0315. The Morgan fingerprint density at radius 3 is 2.56 bits per heavy atom. The molecule has 0 bridgehead atoms. The van der Waals surface area contributed by atoms with Crippen LogP contribution in [0.15, 0.2) is 82.0 Å². The van der Waals surface area contributed by atoms with Gasteiger partial charge < -0.3 is 9.67 Å². The summed E-state index contributed by atoms with van der Waals surface area (Å²) < 4.78 is 1.97. The molecule has 0 radical (unpaired) electrons. The number of aromatic nitrogens is 4. The number of pyridine rings is 1. The number of hydrogen-bond donors (Lipinski definition) is 1. The summed E-state index contributed by atoms with van der Waals surface area (Å²) in [6.45, 7) is 2.65. The van der Waals surface area contributed by atoms with Gasteiger partial charge in [0.15, 0.2) is 11.0 Å². The zero-order valence-electron chi connectivity index (χ0n) is 17.0. The van der Waals surface area contributed by atoms with Crippen LogP contribution >= 0.6 is 11.8 Å². The van der Waals surface area contributed by atoms with Gasteiger partial charge in [-0.3, -0.25) is 20.1 Å². The van der Waals surface area contributed by atoms with Crippen LogP contribution < -0.4 is 0 Å². The van der Waals surface area contributed by atoms with Crippen LogP contribution in [0.3, 0.4) is 0 Å². The van der Waals surface area contributed by atoms with E-state index in [0.29, 0.717) is 23.0 Å². The molecule has 0 aliphatic carbocycles. The highest BCUT2D eigenvalue weighted by atomic mass is 32.2. The summed E-state index contributed by atoms with van der Waals surface area (Å²) in [5.41, 5.74) is 2.06. The fourth-order valence-corrected chi connectivity index (χ4v) is 3.96. The number of rotatable bonds is 7. The van der Waals surface area contributed by atoms with E-state index in [1.165, 1.54) is 36.0 Å². The summed E-state index contributed by atoms with van der Waals surface area (Å²) in [6, 6.07) is 14.7. The molecular formula is C22H18N6O3S. The number of aliphatic imine (C=N–C) groups is 1. The van der Waals surface area contributed by atoms with Crippen LogP contribution in [-0.4, -0.2) is 36.0 Å². The summed E-state index contributed by atoms with van der Waals surface area (Å²) in [5.74, 6) is 0.859. The van der Waals surface area contributed by atoms with Gasteiger partial charge >= 0.3 is 0 Å². The van der Waals surface area contributed by atoms with Gasteiger partial charge in [0.2, 0.25) is 0 Å². The highest BCUT2D eigenvalue weighted by Gasteiger charge is 2.17. The summed E-state index contributed by atoms with van der Waals surface area (Å²) in [6.07, 6.45) is 4.97. The predicted octanol–water partition coefficient (Wildman–Crippen LogP) is 4.88. The molecule has 1 N–H and O–H groups in total. The lowest BCUT2D eigenvalue weighted by Gasteiger charge is -2.09. The van der Waals surface area contributed by atoms with E-state index >= 15 is 0 Å². The van der Waals surface area contributed by atoms with E-state index < -0.39 is 4.92 Å². The standard InChI is InChI=1S/C22H18N6O3S/c1-2-27-21(15-9-11-23-12-10-15)25-26-22(27)32-20-8-5-18(28(30)31)13-16(20)14-24-17-3-6-19(29)7-4-17/h3-14,29H,2H2,1H3. The van der Waals surface area contributed by atoms with E-state index in [2.05, 4.69) is 20.2 Å². The second kappa shape index (κ2) is 9.40. The highest BCUT2D eigenvalue weighted by molar-refractivity contribution is 7.99. The molecule has 0 spiro atoms. The maximum Gasteiger partial charge on any atom is 0.270 e. The third-order valence-electron chi connectivity index (χ3n) is 4.58. The summed E-state index contributed by atoms with van der Waals surface area (Å²) in [4.78, 5) is 20.0. The molecule has 9 nitrogen and oxygen atoms in total. The van der Waals surface area contributed by atoms with Gasteiger partial charge in [0, 0.05) is 53.3 Å². The number of phenols is 1. The van der Waals surface area contributed by atoms with Crippen molar-refractivity contribution in [2.24, 2.45) is 4.99 Å². The van der Waals surface area contributed by atoms with Crippen LogP contribution in [-0.2, 0) is 6.54 Å². The first-order valence-electron chi connectivity index (χ1n) is 9.68. The third-order valence-corrected chi connectivity index (χ3v) is 5.66. The van der Waals surface area contributed by atoms with Crippen molar-refractivity contribution in [3.8, 4) is 17.1 Å². The topological polar surface area (TPSA) is 119 Å². The average molecular weight is 446 g/mol. The van der Waals surface area contributed by atoms with Gasteiger partial charge in [-0.05, 0) is 61.2 Å². The molecule has 0 aliphatic rings. The first kappa shape index (κ1) is 21.2. The van der Waals surface area contributed by atoms with Gasteiger partial charge in [0.25, 0.3) is 5.69 Å². The van der Waals surface area contributed by atoms with Crippen LogP contribution in [0.5, 0.6) is 5.75 Å². The molecule has 2 aromatic carbocycles. The Kier molecular flexibility index (Phi) is 6.22. The first-order chi connectivity index (χ1) is 15.5. The van der Waals surface area contributed by atoms with Crippen LogP contribution in [0.2, 0.25) is 0 Å². The molecule has 0 saturated heterocycles. The van der Waals surface area contributed by atoms with E-state index in [9.17, 15) is 15.2 Å². The first-order valence-corrected chi connectivity index (χ1v) is 10.5. The summed E-state index contributed by atoms with van der Waals surface area (Å²) >= 11 is 1.36. The van der Waals surface area contributed by atoms with Crippen molar-refractivity contribution in [1.82, 2.24) is 19.7 Å². The maximum absolute atomic E-state index is 11.3. The Bertz CT molecular complexity index is 1270. The number of nitrogens with zero attached hydrogens (tertiary/aromatic N) is 6. The number of benzene rings is 2. The molecule has 4 rings (SSSR count). The summed E-state index contributed by atoms with van der Waals surface area (Å²) in [5, 5.41) is 30.0. The number of nitro groups is 1. The van der Waals surface area contributed by atoms with Gasteiger partial charge in [0.05, 0.1) is 10.6 Å². The molecule has 0 unspecified atom stereocenters. The number of hydrogen-bond acceptors (Lipinski definition) is 8.